The number of ketones is 3. The molecule has 0 aromatic rings. The second kappa shape index (κ2) is 30.6. The summed E-state index contributed by atoms with van der Waals surface area (Å²) in [5.41, 5.74) is -6.87. The van der Waals surface area contributed by atoms with Gasteiger partial charge < -0.3 is 30.3 Å². The maximum Gasteiger partial charge on any atom is 0.306 e. The molecule has 5 unspecified atom stereocenters. The molecule has 0 aromatic heterocycles. The maximum atomic E-state index is 14.3. The van der Waals surface area contributed by atoms with E-state index in [4.69, 9.17) is 4.74 Å². The van der Waals surface area contributed by atoms with Crippen LogP contribution in [0.4, 0.5) is 0 Å². The van der Waals surface area contributed by atoms with Crippen LogP contribution in [0.2, 0.25) is 0 Å². The Kier molecular flexibility index (Phi) is 29.6. The highest BCUT2D eigenvalue weighted by molar-refractivity contribution is 6.04. The summed E-state index contributed by atoms with van der Waals surface area (Å²) in [5, 5.41) is 57.8. The predicted molar refractivity (Wildman–Crippen MR) is 206 cm³/mol. The standard InChI is InChI=1S/C42H78O10/c1-5-9-13-17-21-25-29-34(44)39(49)41(50,36(46)30-26-22-18-14-10-6-2)42(51,37(47)31-27-23-19-15-11-7-3)40(35(45)33-43)52-38(48)32-28-24-20-16-12-8-4/h35,39-40,43,45,49-51H,5-33H2,1-4H3. The molecule has 52 heavy (non-hydrogen) atoms. The van der Waals surface area contributed by atoms with Crippen LogP contribution in [-0.4, -0.2) is 85.0 Å². The molecule has 306 valence electrons. The molecule has 0 radical (unpaired) electrons. The van der Waals surface area contributed by atoms with Crippen molar-refractivity contribution in [3.8, 4) is 0 Å². The summed E-state index contributed by atoms with van der Waals surface area (Å²) < 4.78 is 5.55. The van der Waals surface area contributed by atoms with E-state index >= 15 is 0 Å². The van der Waals surface area contributed by atoms with E-state index in [0.717, 1.165) is 109 Å². The van der Waals surface area contributed by atoms with E-state index in [2.05, 4.69) is 27.7 Å². The molecule has 0 amide bonds. The normalized spacial score (nSPS) is 15.7. The van der Waals surface area contributed by atoms with E-state index in [1.54, 1.807) is 0 Å². The second-order valence-electron chi connectivity index (χ2n) is 15.0. The zero-order chi connectivity index (χ0) is 39.3. The Morgan fingerprint density at radius 1 is 0.481 bits per heavy atom. The zero-order valence-corrected chi connectivity index (χ0v) is 33.5. The first-order valence-electron chi connectivity index (χ1n) is 21.1. The van der Waals surface area contributed by atoms with Gasteiger partial charge in [0.2, 0.25) is 5.60 Å². The SMILES string of the molecule is CCCCCCCCC(=O)OC(C(O)CO)C(O)(C(=O)CCCCCCCC)C(O)(C(=O)CCCCCCCC)C(O)C(=O)CCCCCCCC. The van der Waals surface area contributed by atoms with Gasteiger partial charge in [-0.1, -0.05) is 156 Å². The number of esters is 1. The fourth-order valence-corrected chi connectivity index (χ4v) is 6.91. The molecule has 0 aliphatic carbocycles. The lowest BCUT2D eigenvalue weighted by Gasteiger charge is -2.47. The summed E-state index contributed by atoms with van der Waals surface area (Å²) in [4.78, 5) is 55.3. The molecule has 0 aliphatic rings. The first-order chi connectivity index (χ1) is 24.9. The molecule has 0 spiro atoms. The Balaban J connectivity index is 6.77. The van der Waals surface area contributed by atoms with Gasteiger partial charge in [-0.3, -0.25) is 19.2 Å². The highest BCUT2D eigenvalue weighted by Crippen LogP contribution is 2.39. The van der Waals surface area contributed by atoms with Crippen molar-refractivity contribution in [2.45, 2.75) is 237 Å². The third-order valence-electron chi connectivity index (χ3n) is 10.4. The monoisotopic (exact) mass is 743 g/mol. The highest BCUT2D eigenvalue weighted by Gasteiger charge is 2.69. The van der Waals surface area contributed by atoms with E-state index in [1.165, 1.54) is 0 Å². The van der Waals surface area contributed by atoms with Gasteiger partial charge in [0.1, 0.15) is 6.10 Å². The number of carbonyl (C=O) groups excluding carboxylic acids is 4. The van der Waals surface area contributed by atoms with Gasteiger partial charge in [0.25, 0.3) is 0 Å². The minimum Gasteiger partial charge on any atom is -0.456 e. The van der Waals surface area contributed by atoms with Gasteiger partial charge in [-0.25, -0.2) is 0 Å². The van der Waals surface area contributed by atoms with Gasteiger partial charge in [-0.2, -0.15) is 0 Å². The Labute approximate surface area is 315 Å². The summed E-state index contributed by atoms with van der Waals surface area (Å²) in [6.45, 7) is 7.24. The molecule has 0 saturated heterocycles. The summed E-state index contributed by atoms with van der Waals surface area (Å²) in [6, 6.07) is 0. The van der Waals surface area contributed by atoms with Crippen molar-refractivity contribution in [3.63, 3.8) is 0 Å². The number of hydrogen-bond acceptors (Lipinski definition) is 10. The van der Waals surface area contributed by atoms with E-state index < -0.39 is 59.4 Å². The number of aliphatic hydroxyl groups is 5. The molecule has 0 fully saturated rings. The quantitative estimate of drug-likeness (QED) is 0.0312. The van der Waals surface area contributed by atoms with Gasteiger partial charge in [0.05, 0.1) is 6.61 Å². The van der Waals surface area contributed by atoms with Crippen LogP contribution in [0, 0.1) is 0 Å². The van der Waals surface area contributed by atoms with Crippen molar-refractivity contribution in [1.82, 2.24) is 0 Å². The fourth-order valence-electron chi connectivity index (χ4n) is 6.91. The van der Waals surface area contributed by atoms with Crippen LogP contribution in [-0.2, 0) is 23.9 Å². The Morgan fingerprint density at radius 3 is 1.19 bits per heavy atom. The number of Topliss-reactive ketones (excluding diaryl/α,β-unsaturated/α-hetero) is 3. The predicted octanol–water partition coefficient (Wildman–Crippen LogP) is 7.78. The first kappa shape index (κ1) is 50.3. The van der Waals surface area contributed by atoms with Crippen molar-refractivity contribution >= 4 is 23.3 Å². The Morgan fingerprint density at radius 2 is 0.808 bits per heavy atom. The molecular formula is C42H78O10. The topological polar surface area (TPSA) is 179 Å². The summed E-state index contributed by atoms with van der Waals surface area (Å²) in [6.07, 6.45) is 11.3. The van der Waals surface area contributed by atoms with Gasteiger partial charge in [0, 0.05) is 25.7 Å². The van der Waals surface area contributed by atoms with Crippen LogP contribution in [0.25, 0.3) is 0 Å². The Hall–Kier alpha value is -1.72. The maximum absolute atomic E-state index is 14.3. The lowest BCUT2D eigenvalue weighted by Crippen LogP contribution is -2.77. The molecule has 0 aliphatic heterocycles. The van der Waals surface area contributed by atoms with E-state index in [9.17, 15) is 44.7 Å². The van der Waals surface area contributed by atoms with Crippen LogP contribution in [0.3, 0.4) is 0 Å². The molecule has 0 rings (SSSR count). The van der Waals surface area contributed by atoms with Crippen molar-refractivity contribution in [2.75, 3.05) is 6.61 Å². The molecule has 0 saturated carbocycles. The molecule has 10 nitrogen and oxygen atoms in total. The summed E-state index contributed by atoms with van der Waals surface area (Å²) in [7, 11) is 0. The van der Waals surface area contributed by atoms with E-state index in [1.807, 2.05) is 0 Å². The Bertz CT molecular complexity index is 955. The van der Waals surface area contributed by atoms with Gasteiger partial charge in [0.15, 0.2) is 35.2 Å². The van der Waals surface area contributed by atoms with Crippen molar-refractivity contribution in [2.24, 2.45) is 0 Å². The summed E-state index contributed by atoms with van der Waals surface area (Å²) >= 11 is 0. The average molecular weight is 743 g/mol. The van der Waals surface area contributed by atoms with Crippen LogP contribution in [0.5, 0.6) is 0 Å². The molecule has 0 bridgehead atoms. The van der Waals surface area contributed by atoms with E-state index in [0.29, 0.717) is 32.1 Å². The molecule has 0 heterocycles. The van der Waals surface area contributed by atoms with Gasteiger partial charge in [-0.05, 0) is 25.7 Å². The third kappa shape index (κ3) is 18.1. The van der Waals surface area contributed by atoms with Crippen LogP contribution in [0.1, 0.15) is 207 Å². The average Bonchev–Trinajstić information content (AvgIpc) is 3.14. The minimum atomic E-state index is -3.45. The van der Waals surface area contributed by atoms with Gasteiger partial charge >= 0.3 is 5.97 Å². The van der Waals surface area contributed by atoms with Crippen molar-refractivity contribution in [1.29, 1.82) is 0 Å². The molecule has 5 N–H and O–H groups in total. The summed E-state index contributed by atoms with van der Waals surface area (Å²) in [5.74, 6) is -4.13. The molecule has 5 atom stereocenters. The number of aliphatic hydroxyl groups excluding tert-OH is 3. The molecule has 0 aromatic carbocycles. The van der Waals surface area contributed by atoms with E-state index in [-0.39, 0.29) is 38.5 Å². The van der Waals surface area contributed by atoms with Crippen molar-refractivity contribution < 1.29 is 49.4 Å². The van der Waals surface area contributed by atoms with Crippen molar-refractivity contribution in [3.05, 3.63) is 0 Å². The smallest absolute Gasteiger partial charge is 0.306 e. The third-order valence-corrected chi connectivity index (χ3v) is 10.4. The molecular weight excluding hydrogens is 664 g/mol. The number of rotatable bonds is 37. The zero-order valence-electron chi connectivity index (χ0n) is 33.5. The fraction of sp³-hybridized carbons (Fsp3) is 0.905. The largest absolute Gasteiger partial charge is 0.456 e. The number of unbranched alkanes of at least 4 members (excludes halogenated alkanes) is 20. The lowest BCUT2D eigenvalue weighted by atomic mass is 9.66. The van der Waals surface area contributed by atoms with Crippen LogP contribution < -0.4 is 0 Å². The number of hydrogen-bond donors (Lipinski definition) is 5. The first-order valence-corrected chi connectivity index (χ1v) is 21.1. The lowest BCUT2D eigenvalue weighted by molar-refractivity contribution is -0.245. The molecule has 10 heteroatoms. The number of carbonyl (C=O) groups is 4. The second-order valence-corrected chi connectivity index (χ2v) is 15.0. The van der Waals surface area contributed by atoms with Crippen LogP contribution >= 0.6 is 0 Å². The number of ether oxygens (including phenoxy) is 1. The van der Waals surface area contributed by atoms with Crippen LogP contribution in [0.15, 0.2) is 0 Å². The minimum absolute atomic E-state index is 0.133. The highest BCUT2D eigenvalue weighted by atomic mass is 16.6. The van der Waals surface area contributed by atoms with Gasteiger partial charge in [-0.15, -0.1) is 0 Å².